The Morgan fingerprint density at radius 1 is 1.07 bits per heavy atom. The molecular formula is C22H19N3O3. The van der Waals surface area contributed by atoms with Crippen molar-refractivity contribution in [3.05, 3.63) is 95.8 Å². The molecule has 2 heterocycles. The van der Waals surface area contributed by atoms with Crippen LogP contribution in [-0.4, -0.2) is 16.8 Å². The van der Waals surface area contributed by atoms with Gasteiger partial charge in [-0.1, -0.05) is 47.6 Å². The molecule has 0 unspecified atom stereocenters. The van der Waals surface area contributed by atoms with Gasteiger partial charge in [0, 0.05) is 18.3 Å². The molecule has 1 amide bonds. The molecular weight excluding hydrogens is 354 g/mol. The van der Waals surface area contributed by atoms with E-state index in [4.69, 9.17) is 9.57 Å². The number of carbonyl (C=O) groups is 1. The Balaban J connectivity index is 1.32. The average molecular weight is 373 g/mol. The van der Waals surface area contributed by atoms with Crippen molar-refractivity contribution in [2.75, 3.05) is 0 Å². The number of benzene rings is 2. The number of hydrogen-bond donors (Lipinski definition) is 1. The van der Waals surface area contributed by atoms with E-state index in [9.17, 15) is 4.79 Å². The van der Waals surface area contributed by atoms with Gasteiger partial charge in [0.2, 0.25) is 5.90 Å². The number of amides is 1. The van der Waals surface area contributed by atoms with Crippen LogP contribution in [0.4, 0.5) is 0 Å². The van der Waals surface area contributed by atoms with Gasteiger partial charge in [-0.2, -0.15) is 0 Å². The number of nitrogens with one attached hydrogen (secondary N) is 1. The van der Waals surface area contributed by atoms with Gasteiger partial charge in [0.15, 0.2) is 6.10 Å². The van der Waals surface area contributed by atoms with E-state index in [1.165, 1.54) is 0 Å². The SMILES string of the molecule is O=C(NCc1ccccc1)c1ccc([C@@H]2CC(Oc3cccnc3)=NO2)cc1. The molecule has 0 saturated heterocycles. The summed E-state index contributed by atoms with van der Waals surface area (Å²) in [4.78, 5) is 21.8. The topological polar surface area (TPSA) is 72.8 Å². The standard InChI is InChI=1S/C22H19N3O3/c26-22(24-14-16-5-2-1-3-6-16)18-10-8-17(9-11-18)20-13-21(25-28-20)27-19-7-4-12-23-15-19/h1-12,15,20H,13-14H2,(H,24,26)/t20-/m0/s1. The second-order valence-corrected chi connectivity index (χ2v) is 6.36. The Morgan fingerprint density at radius 2 is 1.89 bits per heavy atom. The lowest BCUT2D eigenvalue weighted by atomic mass is 10.0. The molecule has 6 heteroatoms. The third-order valence-corrected chi connectivity index (χ3v) is 4.35. The first-order valence-corrected chi connectivity index (χ1v) is 9.00. The van der Waals surface area contributed by atoms with Crippen molar-refractivity contribution in [2.45, 2.75) is 19.1 Å². The summed E-state index contributed by atoms with van der Waals surface area (Å²) in [5, 5.41) is 6.92. The first kappa shape index (κ1) is 17.7. The van der Waals surface area contributed by atoms with Gasteiger partial charge in [0.1, 0.15) is 5.75 Å². The molecule has 6 nitrogen and oxygen atoms in total. The van der Waals surface area contributed by atoms with Crippen molar-refractivity contribution < 1.29 is 14.4 Å². The van der Waals surface area contributed by atoms with E-state index in [1.54, 1.807) is 30.6 Å². The zero-order valence-corrected chi connectivity index (χ0v) is 15.1. The predicted molar refractivity (Wildman–Crippen MR) is 105 cm³/mol. The third-order valence-electron chi connectivity index (χ3n) is 4.35. The Hall–Kier alpha value is -3.67. The zero-order valence-electron chi connectivity index (χ0n) is 15.1. The van der Waals surface area contributed by atoms with Gasteiger partial charge in [-0.05, 0) is 35.4 Å². The van der Waals surface area contributed by atoms with Gasteiger partial charge >= 0.3 is 0 Å². The highest BCUT2D eigenvalue weighted by atomic mass is 16.7. The number of rotatable bonds is 5. The van der Waals surface area contributed by atoms with Crippen molar-refractivity contribution >= 4 is 11.8 Å². The van der Waals surface area contributed by atoms with Crippen LogP contribution in [0.1, 0.15) is 34.0 Å². The highest BCUT2D eigenvalue weighted by Crippen LogP contribution is 2.28. The number of nitrogens with zero attached hydrogens (tertiary/aromatic N) is 2. The van der Waals surface area contributed by atoms with Crippen LogP contribution in [0.3, 0.4) is 0 Å². The van der Waals surface area contributed by atoms with Crippen LogP contribution in [0.2, 0.25) is 0 Å². The molecule has 0 aliphatic carbocycles. The molecule has 0 radical (unpaired) electrons. The van der Waals surface area contributed by atoms with E-state index in [0.717, 1.165) is 11.1 Å². The Morgan fingerprint density at radius 3 is 2.64 bits per heavy atom. The van der Waals surface area contributed by atoms with Gasteiger partial charge in [-0.3, -0.25) is 9.78 Å². The van der Waals surface area contributed by atoms with Gasteiger partial charge in [-0.25, -0.2) is 0 Å². The number of ether oxygens (including phenoxy) is 1. The Labute approximate surface area is 162 Å². The second-order valence-electron chi connectivity index (χ2n) is 6.36. The molecule has 28 heavy (non-hydrogen) atoms. The second kappa shape index (κ2) is 8.35. The summed E-state index contributed by atoms with van der Waals surface area (Å²) in [6.45, 7) is 0.496. The molecule has 1 aliphatic rings. The number of pyridine rings is 1. The summed E-state index contributed by atoms with van der Waals surface area (Å²) >= 11 is 0. The van der Waals surface area contributed by atoms with E-state index < -0.39 is 0 Å². The quantitative estimate of drug-likeness (QED) is 0.737. The lowest BCUT2D eigenvalue weighted by Crippen LogP contribution is -2.22. The van der Waals surface area contributed by atoms with E-state index >= 15 is 0 Å². The fourth-order valence-electron chi connectivity index (χ4n) is 2.87. The smallest absolute Gasteiger partial charge is 0.251 e. The number of carbonyl (C=O) groups excluding carboxylic acids is 1. The predicted octanol–water partition coefficient (Wildman–Crippen LogP) is 3.87. The van der Waals surface area contributed by atoms with E-state index in [0.29, 0.717) is 30.2 Å². The fraction of sp³-hybridized carbons (Fsp3) is 0.136. The van der Waals surface area contributed by atoms with Crippen LogP contribution < -0.4 is 10.1 Å². The Kier molecular flexibility index (Phi) is 5.29. The summed E-state index contributed by atoms with van der Waals surface area (Å²) in [5.74, 6) is 1.01. The summed E-state index contributed by atoms with van der Waals surface area (Å²) < 4.78 is 5.66. The van der Waals surface area contributed by atoms with Crippen molar-refractivity contribution in [1.82, 2.24) is 10.3 Å². The van der Waals surface area contributed by atoms with E-state index in [2.05, 4.69) is 15.5 Å². The van der Waals surface area contributed by atoms with E-state index in [1.807, 2.05) is 48.5 Å². The van der Waals surface area contributed by atoms with Gasteiger partial charge < -0.3 is 14.9 Å². The summed E-state index contributed by atoms with van der Waals surface area (Å²) in [5.41, 5.74) is 2.60. The minimum atomic E-state index is -0.229. The number of hydrogen-bond acceptors (Lipinski definition) is 5. The molecule has 0 saturated carbocycles. The molecule has 3 aromatic rings. The molecule has 2 aromatic carbocycles. The van der Waals surface area contributed by atoms with Gasteiger partial charge in [-0.15, -0.1) is 0 Å². The van der Waals surface area contributed by atoms with Crippen LogP contribution in [0.5, 0.6) is 5.75 Å². The van der Waals surface area contributed by atoms with Crippen molar-refractivity contribution in [2.24, 2.45) is 5.16 Å². The first-order valence-electron chi connectivity index (χ1n) is 9.00. The normalized spacial score (nSPS) is 15.4. The third kappa shape index (κ3) is 4.35. The first-order chi connectivity index (χ1) is 13.8. The molecule has 140 valence electrons. The highest BCUT2D eigenvalue weighted by Gasteiger charge is 2.24. The molecule has 0 fully saturated rings. The summed E-state index contributed by atoms with van der Waals surface area (Å²) in [6.07, 6.45) is 3.60. The van der Waals surface area contributed by atoms with Crippen LogP contribution >= 0.6 is 0 Å². The largest absolute Gasteiger partial charge is 0.438 e. The highest BCUT2D eigenvalue weighted by molar-refractivity contribution is 5.94. The van der Waals surface area contributed by atoms with Crippen LogP contribution in [0, 0.1) is 0 Å². The maximum absolute atomic E-state index is 12.3. The molecule has 1 N–H and O–H groups in total. The van der Waals surface area contributed by atoms with Gasteiger partial charge in [0.05, 0.1) is 12.6 Å². The molecule has 1 aromatic heterocycles. The number of aromatic nitrogens is 1. The van der Waals surface area contributed by atoms with Gasteiger partial charge in [0.25, 0.3) is 5.91 Å². The van der Waals surface area contributed by atoms with Crippen molar-refractivity contribution in [3.8, 4) is 5.75 Å². The maximum Gasteiger partial charge on any atom is 0.251 e. The Bertz CT molecular complexity index is 957. The molecule has 1 atom stereocenters. The van der Waals surface area contributed by atoms with Crippen LogP contribution in [0.15, 0.2) is 84.3 Å². The van der Waals surface area contributed by atoms with Crippen molar-refractivity contribution in [3.63, 3.8) is 0 Å². The van der Waals surface area contributed by atoms with Crippen molar-refractivity contribution in [1.29, 1.82) is 0 Å². The summed E-state index contributed by atoms with van der Waals surface area (Å²) in [7, 11) is 0. The van der Waals surface area contributed by atoms with Crippen LogP contribution in [0.25, 0.3) is 0 Å². The lowest BCUT2D eigenvalue weighted by Gasteiger charge is -2.10. The zero-order chi connectivity index (χ0) is 19.2. The molecule has 0 bridgehead atoms. The lowest BCUT2D eigenvalue weighted by molar-refractivity contribution is 0.0854. The fourth-order valence-corrected chi connectivity index (χ4v) is 2.87. The maximum atomic E-state index is 12.3. The van der Waals surface area contributed by atoms with Crippen LogP contribution in [-0.2, 0) is 11.4 Å². The minimum absolute atomic E-state index is 0.111. The molecule has 4 rings (SSSR count). The average Bonchev–Trinajstić information content (AvgIpc) is 3.22. The molecule has 1 aliphatic heterocycles. The minimum Gasteiger partial charge on any atom is -0.438 e. The summed E-state index contributed by atoms with van der Waals surface area (Å²) in [6, 6.07) is 20.8. The molecule has 0 spiro atoms. The van der Waals surface area contributed by atoms with E-state index in [-0.39, 0.29) is 12.0 Å². The monoisotopic (exact) mass is 373 g/mol. The number of oxime groups is 1.